The molecule has 0 aliphatic carbocycles. The molecule has 0 amide bonds. The van der Waals surface area contributed by atoms with E-state index in [1.54, 1.807) is 18.2 Å². The maximum absolute atomic E-state index is 12.0. The predicted molar refractivity (Wildman–Crippen MR) is 94.5 cm³/mol. The van der Waals surface area contributed by atoms with E-state index in [1.807, 2.05) is 36.4 Å². The molecule has 3 aromatic rings. The topological polar surface area (TPSA) is 30.2 Å². The van der Waals surface area contributed by atoms with Crippen LogP contribution >= 0.6 is 38.9 Å². The van der Waals surface area contributed by atoms with Gasteiger partial charge in [0.2, 0.25) is 0 Å². The third-order valence-electron chi connectivity index (χ3n) is 2.98. The fourth-order valence-electron chi connectivity index (χ4n) is 1.93. The van der Waals surface area contributed by atoms with Gasteiger partial charge in [-0.1, -0.05) is 45.7 Å². The van der Waals surface area contributed by atoms with E-state index < -0.39 is 0 Å². The monoisotopic (exact) mass is 392 g/mol. The number of rotatable bonds is 4. The molecule has 0 saturated carbocycles. The fraction of sp³-hybridized carbons (Fsp3) is 0. The van der Waals surface area contributed by atoms with E-state index in [2.05, 4.69) is 15.9 Å². The lowest BCUT2D eigenvalue weighted by Gasteiger charge is -1.99. The third kappa shape index (κ3) is 3.40. The van der Waals surface area contributed by atoms with Gasteiger partial charge in [-0.2, -0.15) is 0 Å². The van der Waals surface area contributed by atoms with Crippen molar-refractivity contribution < 1.29 is 9.21 Å². The maximum atomic E-state index is 12.0. The molecule has 5 heteroatoms. The molecular formula is C17H10BrClO2S. The van der Waals surface area contributed by atoms with Crippen LogP contribution in [0.25, 0.3) is 17.4 Å². The highest BCUT2D eigenvalue weighted by Gasteiger charge is 2.08. The highest BCUT2D eigenvalue weighted by molar-refractivity contribution is 9.10. The molecule has 0 atom stereocenters. The fourth-order valence-corrected chi connectivity index (χ4v) is 3.38. The minimum atomic E-state index is -0.0873. The van der Waals surface area contributed by atoms with Crippen LogP contribution in [0.15, 0.2) is 63.5 Å². The van der Waals surface area contributed by atoms with Crippen LogP contribution in [0.2, 0.25) is 4.34 Å². The summed E-state index contributed by atoms with van der Waals surface area (Å²) in [4.78, 5) is 12.6. The summed E-state index contributed by atoms with van der Waals surface area (Å²) in [7, 11) is 0. The summed E-state index contributed by atoms with van der Waals surface area (Å²) in [5.74, 6) is 1.29. The smallest absolute Gasteiger partial charge is 0.195 e. The molecule has 0 aliphatic rings. The van der Waals surface area contributed by atoms with Gasteiger partial charge in [0.25, 0.3) is 0 Å². The molecule has 0 N–H and O–H groups in total. The second-order valence-corrected chi connectivity index (χ2v) is 7.05. The molecule has 110 valence electrons. The number of allylic oxidation sites excluding steroid dienone is 1. The van der Waals surface area contributed by atoms with E-state index in [4.69, 9.17) is 16.0 Å². The van der Waals surface area contributed by atoms with Gasteiger partial charge in [0, 0.05) is 10.0 Å². The lowest BCUT2D eigenvalue weighted by atomic mass is 10.2. The van der Waals surface area contributed by atoms with Gasteiger partial charge in [0.1, 0.15) is 11.5 Å². The SMILES string of the molecule is O=C(/C=C/c1ccc(-c2ccccc2Br)o1)c1ccc(Cl)s1. The normalized spacial score (nSPS) is 11.2. The van der Waals surface area contributed by atoms with Crippen molar-refractivity contribution in [3.8, 4) is 11.3 Å². The number of halogens is 2. The first kappa shape index (κ1) is 15.3. The number of thiophene rings is 1. The molecule has 0 aliphatic heterocycles. The number of carbonyl (C=O) groups excluding carboxylic acids is 1. The van der Waals surface area contributed by atoms with Crippen LogP contribution in [-0.4, -0.2) is 5.78 Å². The Bertz CT molecular complexity index is 848. The molecule has 0 unspecified atom stereocenters. The summed E-state index contributed by atoms with van der Waals surface area (Å²) in [6.45, 7) is 0. The standard InChI is InChI=1S/C17H10BrClO2S/c18-13-4-2-1-3-12(13)15-8-6-11(21-15)5-7-14(20)16-9-10-17(19)22-16/h1-10H/b7-5+. The Kier molecular flexibility index (Phi) is 4.62. The number of ketones is 1. The molecule has 0 fully saturated rings. The Balaban J connectivity index is 1.79. The molecule has 3 rings (SSSR count). The van der Waals surface area contributed by atoms with Crippen molar-refractivity contribution in [3.05, 3.63) is 74.1 Å². The Morgan fingerprint density at radius 1 is 1.14 bits per heavy atom. The molecule has 1 aromatic carbocycles. The van der Waals surface area contributed by atoms with E-state index in [0.29, 0.717) is 15.0 Å². The first-order valence-corrected chi connectivity index (χ1v) is 8.45. The lowest BCUT2D eigenvalue weighted by molar-refractivity contribution is 0.105. The van der Waals surface area contributed by atoms with Crippen LogP contribution in [0.3, 0.4) is 0 Å². The van der Waals surface area contributed by atoms with Crippen LogP contribution in [0, 0.1) is 0 Å². The average Bonchev–Trinajstić information content (AvgIpc) is 3.14. The highest BCUT2D eigenvalue weighted by Crippen LogP contribution is 2.29. The molecule has 2 heterocycles. The van der Waals surface area contributed by atoms with Crippen LogP contribution < -0.4 is 0 Å². The van der Waals surface area contributed by atoms with Gasteiger partial charge in [0.05, 0.1) is 9.21 Å². The van der Waals surface area contributed by atoms with Crippen LogP contribution in [0.4, 0.5) is 0 Å². The summed E-state index contributed by atoms with van der Waals surface area (Å²) in [6, 6.07) is 15.0. The number of furan rings is 1. The van der Waals surface area contributed by atoms with Crippen molar-refractivity contribution in [2.24, 2.45) is 0 Å². The molecule has 2 aromatic heterocycles. The Morgan fingerprint density at radius 3 is 2.68 bits per heavy atom. The van der Waals surface area contributed by atoms with E-state index in [1.165, 1.54) is 17.4 Å². The van der Waals surface area contributed by atoms with Crippen molar-refractivity contribution in [1.82, 2.24) is 0 Å². The third-order valence-corrected chi connectivity index (χ3v) is 4.92. The van der Waals surface area contributed by atoms with Gasteiger partial charge in [-0.3, -0.25) is 4.79 Å². The van der Waals surface area contributed by atoms with Gasteiger partial charge in [-0.05, 0) is 42.5 Å². The van der Waals surface area contributed by atoms with Crippen LogP contribution in [-0.2, 0) is 0 Å². The summed E-state index contributed by atoms with van der Waals surface area (Å²) in [6.07, 6.45) is 3.15. The number of benzene rings is 1. The van der Waals surface area contributed by atoms with Gasteiger partial charge >= 0.3 is 0 Å². The highest BCUT2D eigenvalue weighted by atomic mass is 79.9. The summed E-state index contributed by atoms with van der Waals surface area (Å²) < 4.78 is 7.32. The summed E-state index contributed by atoms with van der Waals surface area (Å²) in [5.41, 5.74) is 0.971. The van der Waals surface area contributed by atoms with Gasteiger partial charge in [-0.25, -0.2) is 0 Å². The zero-order chi connectivity index (χ0) is 15.5. The first-order chi connectivity index (χ1) is 10.6. The van der Waals surface area contributed by atoms with Crippen molar-refractivity contribution in [2.45, 2.75) is 0 Å². The second kappa shape index (κ2) is 6.65. The van der Waals surface area contributed by atoms with Crippen molar-refractivity contribution in [3.63, 3.8) is 0 Å². The lowest BCUT2D eigenvalue weighted by Crippen LogP contribution is -1.88. The molecule has 2 nitrogen and oxygen atoms in total. The minimum Gasteiger partial charge on any atom is -0.457 e. The molecule has 0 bridgehead atoms. The predicted octanol–water partition coefficient (Wildman–Crippen LogP) is 6.32. The van der Waals surface area contributed by atoms with Gasteiger partial charge in [0.15, 0.2) is 5.78 Å². The van der Waals surface area contributed by atoms with Crippen LogP contribution in [0.5, 0.6) is 0 Å². The number of hydrogen-bond donors (Lipinski definition) is 0. The van der Waals surface area contributed by atoms with Crippen molar-refractivity contribution >= 4 is 50.7 Å². The van der Waals surface area contributed by atoms with Crippen molar-refractivity contribution in [1.29, 1.82) is 0 Å². The van der Waals surface area contributed by atoms with Crippen LogP contribution in [0.1, 0.15) is 15.4 Å². The average molecular weight is 394 g/mol. The molecule has 0 radical (unpaired) electrons. The zero-order valence-electron chi connectivity index (χ0n) is 11.3. The Hall–Kier alpha value is -1.62. The summed E-state index contributed by atoms with van der Waals surface area (Å²) >= 11 is 10.6. The number of hydrogen-bond acceptors (Lipinski definition) is 3. The Labute approximate surface area is 145 Å². The summed E-state index contributed by atoms with van der Waals surface area (Å²) in [5, 5.41) is 0. The zero-order valence-corrected chi connectivity index (χ0v) is 14.4. The van der Waals surface area contributed by atoms with E-state index in [-0.39, 0.29) is 5.78 Å². The quantitative estimate of drug-likeness (QED) is 0.383. The molecule has 0 saturated heterocycles. The van der Waals surface area contributed by atoms with Gasteiger partial charge in [-0.15, -0.1) is 11.3 Å². The van der Waals surface area contributed by atoms with Crippen molar-refractivity contribution in [2.75, 3.05) is 0 Å². The number of carbonyl (C=O) groups is 1. The van der Waals surface area contributed by atoms with E-state index in [0.717, 1.165) is 15.8 Å². The molecule has 0 spiro atoms. The Morgan fingerprint density at radius 2 is 1.95 bits per heavy atom. The minimum absolute atomic E-state index is 0.0873. The molecular weight excluding hydrogens is 384 g/mol. The molecule has 22 heavy (non-hydrogen) atoms. The van der Waals surface area contributed by atoms with E-state index >= 15 is 0 Å². The maximum Gasteiger partial charge on any atom is 0.195 e. The van der Waals surface area contributed by atoms with E-state index in [9.17, 15) is 4.79 Å². The first-order valence-electron chi connectivity index (χ1n) is 6.46. The largest absolute Gasteiger partial charge is 0.457 e. The second-order valence-electron chi connectivity index (χ2n) is 4.48. The van der Waals surface area contributed by atoms with Gasteiger partial charge < -0.3 is 4.42 Å².